The van der Waals surface area contributed by atoms with E-state index in [1.165, 1.54) is 6.26 Å². The monoisotopic (exact) mass is 241 g/mol. The summed E-state index contributed by atoms with van der Waals surface area (Å²) in [5.74, 6) is -0.149. The van der Waals surface area contributed by atoms with Crippen LogP contribution in [0, 0.1) is 0 Å². The fourth-order valence-electron chi connectivity index (χ4n) is 1.20. The highest BCUT2D eigenvalue weighted by atomic mass is 35.5. The quantitative estimate of drug-likeness (QED) is 0.890. The number of rotatable bonds is 4. The van der Waals surface area contributed by atoms with Gasteiger partial charge >= 0.3 is 5.97 Å². The summed E-state index contributed by atoms with van der Waals surface area (Å²) in [4.78, 5) is 14.4. The number of aromatic nitrogens is 1. The number of hydrogen-bond donors (Lipinski definition) is 1. The highest BCUT2D eigenvalue weighted by molar-refractivity contribution is 6.28. The molecule has 0 bridgehead atoms. The maximum absolute atomic E-state index is 10.4. The molecular weight excluding hydrogens is 234 g/mol. The van der Waals surface area contributed by atoms with Crippen LogP contribution in [0.25, 0.3) is 11.7 Å². The molecule has 2 aromatic rings. The van der Waals surface area contributed by atoms with Crippen molar-refractivity contribution in [3.8, 4) is 11.7 Å². The van der Waals surface area contributed by atoms with E-state index in [9.17, 15) is 4.79 Å². The lowest BCUT2D eigenvalue weighted by molar-refractivity contribution is -0.136. The number of carboxylic acid groups (broad SMARTS) is 1. The molecular formula is C10H8ClNO4. The first kappa shape index (κ1) is 10.8. The predicted molar refractivity (Wildman–Crippen MR) is 55.2 cm³/mol. The maximum atomic E-state index is 10.4. The molecule has 84 valence electrons. The molecule has 1 N–H and O–H groups in total. The van der Waals surface area contributed by atoms with Crippen LogP contribution in [0.2, 0.25) is 5.22 Å². The Morgan fingerprint density at radius 3 is 2.94 bits per heavy atom. The first-order valence-electron chi connectivity index (χ1n) is 4.57. The summed E-state index contributed by atoms with van der Waals surface area (Å²) in [6.07, 6.45) is 1.76. The molecule has 0 saturated carbocycles. The zero-order chi connectivity index (χ0) is 11.5. The lowest BCUT2D eigenvalue weighted by Crippen LogP contribution is -1.97. The number of halogens is 1. The molecule has 0 spiro atoms. The molecule has 0 unspecified atom stereocenters. The van der Waals surface area contributed by atoms with Crippen molar-refractivity contribution >= 4 is 17.6 Å². The highest BCUT2D eigenvalue weighted by Crippen LogP contribution is 2.24. The van der Waals surface area contributed by atoms with Crippen molar-refractivity contribution in [2.24, 2.45) is 0 Å². The fourth-order valence-corrected chi connectivity index (χ4v) is 1.35. The summed E-state index contributed by atoms with van der Waals surface area (Å²) in [7, 11) is 0. The summed E-state index contributed by atoms with van der Waals surface area (Å²) < 4.78 is 10.2. The molecule has 6 heteroatoms. The maximum Gasteiger partial charge on any atom is 0.303 e. The normalized spacial score (nSPS) is 10.6. The Balaban J connectivity index is 2.10. The lowest BCUT2D eigenvalue weighted by Gasteiger charge is -1.89. The van der Waals surface area contributed by atoms with Gasteiger partial charge < -0.3 is 13.9 Å². The van der Waals surface area contributed by atoms with Crippen LogP contribution in [0.3, 0.4) is 0 Å². The standard InChI is InChI=1S/C10H8ClNO4/c11-8-3-2-7(16-8)10-12-6(5-15-10)1-4-9(13)14/h2-3,5H,1,4H2,(H,13,14). The van der Waals surface area contributed by atoms with E-state index in [1.807, 2.05) is 0 Å². The van der Waals surface area contributed by atoms with Crippen LogP contribution in [0.4, 0.5) is 0 Å². The Hall–Kier alpha value is -1.75. The van der Waals surface area contributed by atoms with Gasteiger partial charge in [-0.3, -0.25) is 4.79 Å². The third kappa shape index (κ3) is 2.43. The number of carbonyl (C=O) groups is 1. The van der Waals surface area contributed by atoms with Crippen LogP contribution >= 0.6 is 11.6 Å². The SMILES string of the molecule is O=C(O)CCc1coc(-c2ccc(Cl)o2)n1. The van der Waals surface area contributed by atoms with E-state index in [0.29, 0.717) is 23.8 Å². The molecule has 0 atom stereocenters. The van der Waals surface area contributed by atoms with Crippen LogP contribution in [0.15, 0.2) is 27.2 Å². The third-order valence-electron chi connectivity index (χ3n) is 1.93. The Kier molecular flexibility index (Phi) is 2.96. The molecule has 0 fully saturated rings. The molecule has 2 aromatic heterocycles. The number of nitrogens with zero attached hydrogens (tertiary/aromatic N) is 1. The van der Waals surface area contributed by atoms with E-state index in [2.05, 4.69) is 4.98 Å². The zero-order valence-corrected chi connectivity index (χ0v) is 8.90. The van der Waals surface area contributed by atoms with E-state index >= 15 is 0 Å². The summed E-state index contributed by atoms with van der Waals surface area (Å²) >= 11 is 5.61. The molecule has 16 heavy (non-hydrogen) atoms. The van der Waals surface area contributed by atoms with Gasteiger partial charge in [-0.05, 0) is 23.7 Å². The predicted octanol–water partition coefficient (Wildman–Crippen LogP) is 2.61. The second-order valence-electron chi connectivity index (χ2n) is 3.14. The summed E-state index contributed by atoms with van der Waals surface area (Å²) in [5.41, 5.74) is 0.574. The molecule has 2 heterocycles. The minimum Gasteiger partial charge on any atom is -0.481 e. The second-order valence-corrected chi connectivity index (χ2v) is 3.51. The minimum atomic E-state index is -0.870. The molecule has 0 saturated heterocycles. The largest absolute Gasteiger partial charge is 0.481 e. The van der Waals surface area contributed by atoms with Crippen molar-refractivity contribution in [3.05, 3.63) is 29.3 Å². The molecule has 0 aliphatic heterocycles. The average molecular weight is 242 g/mol. The number of carboxylic acids is 1. The number of hydrogen-bond acceptors (Lipinski definition) is 4. The molecule has 0 amide bonds. The van der Waals surface area contributed by atoms with Gasteiger partial charge in [0, 0.05) is 6.42 Å². The molecule has 0 radical (unpaired) electrons. The average Bonchev–Trinajstić information content (AvgIpc) is 2.83. The van der Waals surface area contributed by atoms with Crippen LogP contribution in [-0.2, 0) is 11.2 Å². The number of aliphatic carboxylic acids is 1. The molecule has 0 aliphatic carbocycles. The van der Waals surface area contributed by atoms with Gasteiger partial charge in [0.05, 0.1) is 12.1 Å². The molecule has 5 nitrogen and oxygen atoms in total. The summed E-state index contributed by atoms with van der Waals surface area (Å²) in [5, 5.41) is 8.76. The smallest absolute Gasteiger partial charge is 0.303 e. The Bertz CT molecular complexity index is 502. The van der Waals surface area contributed by atoms with Crippen LogP contribution in [0.5, 0.6) is 0 Å². The lowest BCUT2D eigenvalue weighted by atomic mass is 10.2. The van der Waals surface area contributed by atoms with Crippen molar-refractivity contribution in [2.75, 3.05) is 0 Å². The van der Waals surface area contributed by atoms with Crippen molar-refractivity contribution in [3.63, 3.8) is 0 Å². The number of furan rings is 1. The minimum absolute atomic E-state index is 0.0187. The third-order valence-corrected chi connectivity index (χ3v) is 2.13. The van der Waals surface area contributed by atoms with Gasteiger partial charge in [-0.2, -0.15) is 0 Å². The van der Waals surface area contributed by atoms with E-state index in [1.54, 1.807) is 12.1 Å². The second kappa shape index (κ2) is 4.40. The Morgan fingerprint density at radius 2 is 2.31 bits per heavy atom. The van der Waals surface area contributed by atoms with E-state index < -0.39 is 5.97 Å². The molecule has 2 rings (SSSR count). The number of oxazole rings is 1. The van der Waals surface area contributed by atoms with Gasteiger partial charge in [-0.15, -0.1) is 0 Å². The molecule has 0 aromatic carbocycles. The van der Waals surface area contributed by atoms with E-state index in [0.717, 1.165) is 0 Å². The first-order valence-corrected chi connectivity index (χ1v) is 4.95. The van der Waals surface area contributed by atoms with Gasteiger partial charge in [-0.25, -0.2) is 4.98 Å². The van der Waals surface area contributed by atoms with E-state index in [4.69, 9.17) is 25.5 Å². The Labute approximate surface area is 95.7 Å². The Morgan fingerprint density at radius 1 is 1.50 bits per heavy atom. The van der Waals surface area contributed by atoms with Gasteiger partial charge in [0.1, 0.15) is 6.26 Å². The molecule has 0 aliphatic rings. The highest BCUT2D eigenvalue weighted by Gasteiger charge is 2.11. The summed E-state index contributed by atoms with van der Waals surface area (Å²) in [6.45, 7) is 0. The van der Waals surface area contributed by atoms with Crippen molar-refractivity contribution < 1.29 is 18.7 Å². The topological polar surface area (TPSA) is 76.5 Å². The summed E-state index contributed by atoms with van der Waals surface area (Å²) in [6, 6.07) is 3.22. The number of aryl methyl sites for hydroxylation is 1. The zero-order valence-electron chi connectivity index (χ0n) is 8.14. The van der Waals surface area contributed by atoms with Crippen LogP contribution in [-0.4, -0.2) is 16.1 Å². The van der Waals surface area contributed by atoms with Gasteiger partial charge in [-0.1, -0.05) is 0 Å². The van der Waals surface area contributed by atoms with Gasteiger partial charge in [0.2, 0.25) is 0 Å². The van der Waals surface area contributed by atoms with Crippen molar-refractivity contribution in [1.29, 1.82) is 0 Å². The van der Waals surface area contributed by atoms with Gasteiger partial charge in [0.15, 0.2) is 11.0 Å². The first-order chi connectivity index (χ1) is 7.65. The van der Waals surface area contributed by atoms with E-state index in [-0.39, 0.29) is 11.6 Å². The van der Waals surface area contributed by atoms with Crippen molar-refractivity contribution in [2.45, 2.75) is 12.8 Å². The fraction of sp³-hybridized carbons (Fsp3) is 0.200. The van der Waals surface area contributed by atoms with Gasteiger partial charge in [0.25, 0.3) is 5.89 Å². The van der Waals surface area contributed by atoms with Crippen LogP contribution < -0.4 is 0 Å². The van der Waals surface area contributed by atoms with Crippen LogP contribution in [0.1, 0.15) is 12.1 Å². The van der Waals surface area contributed by atoms with Crippen molar-refractivity contribution in [1.82, 2.24) is 4.98 Å².